The Hall–Kier alpha value is -3.00. The normalized spacial score (nSPS) is 17.9. The minimum absolute atomic E-state index is 0.0776. The highest BCUT2D eigenvalue weighted by Crippen LogP contribution is 2.29. The molecule has 0 spiro atoms. The molecule has 4 rings (SSSR count). The molecule has 1 aliphatic carbocycles. The smallest absolute Gasteiger partial charge is 0.322 e. The van der Waals surface area contributed by atoms with Gasteiger partial charge in [0.2, 0.25) is 0 Å². The number of anilines is 1. The third-order valence-electron chi connectivity index (χ3n) is 8.36. The van der Waals surface area contributed by atoms with Crippen molar-refractivity contribution in [2.24, 2.45) is 11.7 Å². The summed E-state index contributed by atoms with van der Waals surface area (Å²) in [7, 11) is 0. The summed E-state index contributed by atoms with van der Waals surface area (Å²) >= 11 is 0. The van der Waals surface area contributed by atoms with Crippen LogP contribution in [0.25, 0.3) is 0 Å². The number of aryl methyl sites for hydroxylation is 3. The second kappa shape index (κ2) is 12.7. The Labute approximate surface area is 226 Å². The topological polar surface area (TPSA) is 91.6 Å². The Morgan fingerprint density at radius 2 is 1.79 bits per heavy atom. The van der Waals surface area contributed by atoms with Crippen LogP contribution in [0, 0.1) is 25.6 Å². The molecule has 2 fully saturated rings. The first-order valence-corrected chi connectivity index (χ1v) is 14.1. The van der Waals surface area contributed by atoms with Crippen molar-refractivity contribution >= 4 is 17.6 Å². The fraction of sp³-hybridized carbons (Fsp3) is 0.567. The minimum Gasteiger partial charge on any atom is -0.366 e. The number of amides is 3. The summed E-state index contributed by atoms with van der Waals surface area (Å²) in [6, 6.07) is 8.48. The van der Waals surface area contributed by atoms with Gasteiger partial charge >= 0.3 is 6.03 Å². The van der Waals surface area contributed by atoms with E-state index < -0.39 is 5.91 Å². The molecule has 2 aliphatic rings. The number of nitrogens with zero attached hydrogens (tertiary/aromatic N) is 3. The average Bonchev–Trinajstić information content (AvgIpc) is 3.40. The van der Waals surface area contributed by atoms with Gasteiger partial charge in [-0.3, -0.25) is 9.78 Å². The number of pyridine rings is 1. The lowest BCUT2D eigenvalue weighted by atomic mass is 9.98. The van der Waals surface area contributed by atoms with Gasteiger partial charge in [-0.2, -0.15) is 0 Å². The summed E-state index contributed by atoms with van der Waals surface area (Å²) < 4.78 is 13.3. The van der Waals surface area contributed by atoms with Crippen molar-refractivity contribution in [3.8, 4) is 0 Å². The SMILES string of the molecule is Cc1cc(CC[C@@H](C)N2CCC(N(CC3CCCC3)C(=O)Nc3ccc(F)cc3)CC2)nc(C)c1C(N)=O. The minimum atomic E-state index is -0.427. The van der Waals surface area contributed by atoms with Gasteiger partial charge in [0, 0.05) is 43.1 Å². The Kier molecular flexibility index (Phi) is 9.36. The van der Waals surface area contributed by atoms with Crippen molar-refractivity contribution in [3.63, 3.8) is 0 Å². The maximum Gasteiger partial charge on any atom is 0.322 e. The number of benzene rings is 1. The highest BCUT2D eigenvalue weighted by Gasteiger charge is 2.32. The lowest BCUT2D eigenvalue weighted by Gasteiger charge is -2.41. The molecule has 1 saturated heterocycles. The van der Waals surface area contributed by atoms with Crippen molar-refractivity contribution < 1.29 is 14.0 Å². The van der Waals surface area contributed by atoms with Crippen LogP contribution in [0.15, 0.2) is 30.3 Å². The number of nitrogens with one attached hydrogen (secondary N) is 1. The van der Waals surface area contributed by atoms with Crippen LogP contribution >= 0.6 is 0 Å². The van der Waals surface area contributed by atoms with Crippen LogP contribution in [0.1, 0.15) is 79.2 Å². The molecule has 0 radical (unpaired) electrons. The zero-order valence-corrected chi connectivity index (χ0v) is 23.0. The Bertz CT molecular complexity index is 1090. The molecule has 1 aromatic carbocycles. The van der Waals surface area contributed by atoms with Crippen LogP contribution in [0.5, 0.6) is 0 Å². The molecule has 0 unspecified atom stereocenters. The van der Waals surface area contributed by atoms with Gasteiger partial charge in [0.15, 0.2) is 0 Å². The number of urea groups is 1. The zero-order chi connectivity index (χ0) is 27.2. The van der Waals surface area contributed by atoms with E-state index in [1.165, 1.54) is 37.8 Å². The number of carbonyl (C=O) groups is 2. The number of aromatic nitrogens is 1. The second-order valence-electron chi connectivity index (χ2n) is 11.1. The van der Waals surface area contributed by atoms with Crippen LogP contribution in [-0.4, -0.2) is 58.4 Å². The second-order valence-corrected chi connectivity index (χ2v) is 11.1. The molecule has 7 nitrogen and oxygen atoms in total. The number of likely N-dealkylation sites (tertiary alicyclic amines) is 1. The van der Waals surface area contributed by atoms with E-state index in [0.29, 0.717) is 28.9 Å². The highest BCUT2D eigenvalue weighted by molar-refractivity contribution is 5.95. The summed E-state index contributed by atoms with van der Waals surface area (Å²) in [6.45, 7) is 8.70. The monoisotopic (exact) mass is 523 g/mol. The number of rotatable bonds is 9. The lowest BCUT2D eigenvalue weighted by molar-refractivity contribution is 0.0951. The van der Waals surface area contributed by atoms with Gasteiger partial charge in [0.05, 0.1) is 11.3 Å². The molecule has 2 aromatic rings. The van der Waals surface area contributed by atoms with E-state index in [9.17, 15) is 14.0 Å². The van der Waals surface area contributed by atoms with Gasteiger partial charge in [-0.1, -0.05) is 12.8 Å². The first-order chi connectivity index (χ1) is 18.2. The van der Waals surface area contributed by atoms with Gasteiger partial charge in [-0.25, -0.2) is 9.18 Å². The molecule has 8 heteroatoms. The van der Waals surface area contributed by atoms with Crippen LogP contribution in [0.4, 0.5) is 14.9 Å². The van der Waals surface area contributed by atoms with Crippen molar-refractivity contribution in [2.75, 3.05) is 25.0 Å². The average molecular weight is 524 g/mol. The molecule has 38 heavy (non-hydrogen) atoms. The van der Waals surface area contributed by atoms with Gasteiger partial charge in [-0.15, -0.1) is 0 Å². The molecule has 1 saturated carbocycles. The number of hydrogen-bond acceptors (Lipinski definition) is 4. The van der Waals surface area contributed by atoms with Crippen molar-refractivity contribution in [1.29, 1.82) is 0 Å². The third-order valence-corrected chi connectivity index (χ3v) is 8.36. The predicted octanol–water partition coefficient (Wildman–Crippen LogP) is 5.45. The number of hydrogen-bond donors (Lipinski definition) is 2. The van der Waals surface area contributed by atoms with E-state index in [1.807, 2.05) is 19.9 Å². The summed E-state index contributed by atoms with van der Waals surface area (Å²) in [5.41, 5.74) is 9.22. The fourth-order valence-corrected chi connectivity index (χ4v) is 6.19. The quantitative estimate of drug-likeness (QED) is 0.457. The van der Waals surface area contributed by atoms with E-state index in [4.69, 9.17) is 5.73 Å². The summed E-state index contributed by atoms with van der Waals surface area (Å²) in [5.74, 6) is -0.175. The molecule has 1 aromatic heterocycles. The molecule has 2 heterocycles. The van der Waals surface area contributed by atoms with Crippen molar-refractivity contribution in [3.05, 3.63) is 58.7 Å². The predicted molar refractivity (Wildman–Crippen MR) is 149 cm³/mol. The number of piperidine rings is 1. The summed E-state index contributed by atoms with van der Waals surface area (Å²) in [4.78, 5) is 34.2. The Morgan fingerprint density at radius 1 is 1.13 bits per heavy atom. The molecular weight excluding hydrogens is 481 g/mol. The van der Waals surface area contributed by atoms with Gasteiger partial charge in [-0.05, 0) is 101 Å². The molecule has 206 valence electrons. The zero-order valence-electron chi connectivity index (χ0n) is 23.0. The van der Waals surface area contributed by atoms with E-state index in [0.717, 1.165) is 56.6 Å². The maximum atomic E-state index is 13.4. The molecule has 1 atom stereocenters. The summed E-state index contributed by atoms with van der Waals surface area (Å²) in [5, 5.41) is 3.00. The molecular formula is C30H42FN5O2. The number of carbonyl (C=O) groups excluding carboxylic acids is 2. The fourth-order valence-electron chi connectivity index (χ4n) is 6.19. The van der Waals surface area contributed by atoms with Crippen LogP contribution < -0.4 is 11.1 Å². The summed E-state index contributed by atoms with van der Waals surface area (Å²) in [6.07, 6.45) is 8.56. The molecule has 0 bridgehead atoms. The largest absolute Gasteiger partial charge is 0.366 e. The first kappa shape index (κ1) is 28.0. The van der Waals surface area contributed by atoms with E-state index in [2.05, 4.69) is 27.0 Å². The van der Waals surface area contributed by atoms with Crippen LogP contribution in [0.3, 0.4) is 0 Å². The lowest BCUT2D eigenvalue weighted by Crippen LogP contribution is -2.51. The van der Waals surface area contributed by atoms with Crippen LogP contribution in [0.2, 0.25) is 0 Å². The Morgan fingerprint density at radius 3 is 2.39 bits per heavy atom. The number of nitrogens with two attached hydrogens (primary N) is 1. The molecule has 1 aliphatic heterocycles. The molecule has 3 N–H and O–H groups in total. The standard InChI is InChI=1S/C30H42FN5O2/c1-20-18-26(33-22(3)28(20)29(32)37)11-8-21(2)35-16-14-27(15-17-35)36(19-23-6-4-5-7-23)30(38)34-25-12-9-24(31)10-13-25/h9-10,12-13,18,21,23,27H,4-8,11,14-17,19H2,1-3H3,(H2,32,37)(H,34,38)/t21-/m1/s1. The van der Waals surface area contributed by atoms with Crippen molar-refractivity contribution in [2.45, 2.75) is 84.2 Å². The highest BCUT2D eigenvalue weighted by atomic mass is 19.1. The van der Waals surface area contributed by atoms with E-state index in [1.54, 1.807) is 12.1 Å². The van der Waals surface area contributed by atoms with Gasteiger partial charge < -0.3 is 20.9 Å². The maximum absolute atomic E-state index is 13.4. The van der Waals surface area contributed by atoms with Gasteiger partial charge in [0.1, 0.15) is 5.82 Å². The third kappa shape index (κ3) is 7.10. The number of halogens is 1. The molecule has 3 amide bonds. The van der Waals surface area contributed by atoms with E-state index >= 15 is 0 Å². The van der Waals surface area contributed by atoms with E-state index in [-0.39, 0.29) is 17.9 Å². The van der Waals surface area contributed by atoms with Crippen LogP contribution in [-0.2, 0) is 6.42 Å². The number of primary amides is 1. The van der Waals surface area contributed by atoms with Crippen molar-refractivity contribution in [1.82, 2.24) is 14.8 Å². The Balaban J connectivity index is 1.33. The van der Waals surface area contributed by atoms with Gasteiger partial charge in [0.25, 0.3) is 5.91 Å². The first-order valence-electron chi connectivity index (χ1n) is 14.1.